The molecule has 0 amide bonds. The molecule has 0 aliphatic heterocycles. The summed E-state index contributed by atoms with van der Waals surface area (Å²) in [7, 11) is 0. The molecule has 9 heteroatoms. The summed E-state index contributed by atoms with van der Waals surface area (Å²) >= 11 is 2.26. The number of rotatable bonds is 9. The number of imidazole rings is 2. The van der Waals surface area contributed by atoms with Crippen LogP contribution in [0.25, 0.3) is 22.5 Å². The molecule has 5 aromatic rings. The van der Waals surface area contributed by atoms with E-state index in [1.807, 2.05) is 54.6 Å². The number of nitrogens with zero attached hydrogens (tertiary/aromatic N) is 2. The van der Waals surface area contributed by atoms with Crippen molar-refractivity contribution >= 4 is 22.6 Å². The molecule has 5 rings (SSSR count). The molecular formula is C28H25IN4O4. The standard InChI is InChI=1S/C28H25IN4O4/c29-21-10-6-19(7-11-21)23-17-30-26(31-23)24(16-18-4-2-1-3-5-18)33-27(35)25(32-28(33)36)20-8-12-22(13-9-20)37-15-14-34/h1-13,17,24,34-35H,14-16H2,(H,30,31)(H,32,36)/t24-/m1/s1. The molecule has 0 fully saturated rings. The highest BCUT2D eigenvalue weighted by molar-refractivity contribution is 14.1. The predicted molar refractivity (Wildman–Crippen MR) is 150 cm³/mol. The van der Waals surface area contributed by atoms with Crippen LogP contribution in [-0.2, 0) is 6.42 Å². The first-order valence-electron chi connectivity index (χ1n) is 11.8. The SMILES string of the molecule is O=c1[nH]c(-c2ccc(OCCO)cc2)c(O)n1[C@H](Cc1ccccc1)c1ncc(-c2ccc(I)cc2)[nH]1. The second-order valence-corrected chi connectivity index (χ2v) is 9.74. The van der Waals surface area contributed by atoms with Crippen LogP contribution >= 0.6 is 22.6 Å². The fourth-order valence-corrected chi connectivity index (χ4v) is 4.60. The van der Waals surface area contributed by atoms with Gasteiger partial charge in [-0.25, -0.2) is 9.78 Å². The zero-order valence-corrected chi connectivity index (χ0v) is 21.9. The van der Waals surface area contributed by atoms with Gasteiger partial charge in [0.2, 0.25) is 5.88 Å². The van der Waals surface area contributed by atoms with Gasteiger partial charge in [0, 0.05) is 15.6 Å². The number of H-pyrrole nitrogens is 2. The molecule has 1 atom stereocenters. The van der Waals surface area contributed by atoms with Crippen molar-refractivity contribution in [3.8, 4) is 34.1 Å². The van der Waals surface area contributed by atoms with E-state index in [4.69, 9.17) is 9.84 Å². The van der Waals surface area contributed by atoms with Crippen LogP contribution in [0.4, 0.5) is 0 Å². The van der Waals surface area contributed by atoms with Gasteiger partial charge >= 0.3 is 5.69 Å². The van der Waals surface area contributed by atoms with Gasteiger partial charge in [0.15, 0.2) is 0 Å². The smallest absolute Gasteiger partial charge is 0.329 e. The lowest BCUT2D eigenvalue weighted by molar-refractivity contribution is 0.201. The van der Waals surface area contributed by atoms with Gasteiger partial charge in [0.25, 0.3) is 0 Å². The third-order valence-corrected chi connectivity index (χ3v) is 6.77. The van der Waals surface area contributed by atoms with Crippen LogP contribution in [0.2, 0.25) is 0 Å². The van der Waals surface area contributed by atoms with E-state index in [1.54, 1.807) is 30.5 Å². The first-order valence-corrected chi connectivity index (χ1v) is 12.8. The van der Waals surface area contributed by atoms with Gasteiger partial charge in [0.05, 0.1) is 18.5 Å². The summed E-state index contributed by atoms with van der Waals surface area (Å²) < 4.78 is 7.88. The summed E-state index contributed by atoms with van der Waals surface area (Å²) in [6, 6.07) is 24.2. The molecule has 2 heterocycles. The van der Waals surface area contributed by atoms with Gasteiger partial charge in [-0.1, -0.05) is 42.5 Å². The maximum Gasteiger partial charge on any atom is 0.329 e. The number of aromatic hydroxyl groups is 1. The van der Waals surface area contributed by atoms with Crippen molar-refractivity contribution in [1.29, 1.82) is 0 Å². The van der Waals surface area contributed by atoms with E-state index in [1.165, 1.54) is 4.57 Å². The first kappa shape index (κ1) is 24.8. The summed E-state index contributed by atoms with van der Waals surface area (Å²) in [5.74, 6) is 0.968. The number of aromatic amines is 2. The summed E-state index contributed by atoms with van der Waals surface area (Å²) in [6.07, 6.45) is 2.19. The molecule has 0 bridgehead atoms. The highest BCUT2D eigenvalue weighted by Crippen LogP contribution is 2.33. The minimum atomic E-state index is -0.579. The number of ether oxygens (including phenoxy) is 1. The van der Waals surface area contributed by atoms with Gasteiger partial charge in [0.1, 0.15) is 29.9 Å². The molecule has 0 saturated carbocycles. The normalized spacial score (nSPS) is 11.9. The lowest BCUT2D eigenvalue weighted by Gasteiger charge is -2.17. The summed E-state index contributed by atoms with van der Waals surface area (Å²) in [5, 5.41) is 20.2. The van der Waals surface area contributed by atoms with Gasteiger partial charge in [-0.05, 0) is 70.1 Å². The van der Waals surface area contributed by atoms with E-state index < -0.39 is 11.7 Å². The van der Waals surface area contributed by atoms with E-state index in [9.17, 15) is 9.90 Å². The van der Waals surface area contributed by atoms with Crippen molar-refractivity contribution in [2.75, 3.05) is 13.2 Å². The Morgan fingerprint density at radius 1 is 0.946 bits per heavy atom. The van der Waals surface area contributed by atoms with Gasteiger partial charge in [-0.2, -0.15) is 0 Å². The zero-order valence-electron chi connectivity index (χ0n) is 19.8. The van der Waals surface area contributed by atoms with Crippen molar-refractivity contribution in [3.63, 3.8) is 0 Å². The first-order chi connectivity index (χ1) is 18.0. The lowest BCUT2D eigenvalue weighted by Crippen LogP contribution is -2.25. The van der Waals surface area contributed by atoms with Crippen LogP contribution in [0.1, 0.15) is 17.4 Å². The number of halogens is 1. The van der Waals surface area contributed by atoms with Crippen molar-refractivity contribution < 1.29 is 14.9 Å². The Hall–Kier alpha value is -3.83. The number of aliphatic hydroxyl groups excluding tert-OH is 1. The Morgan fingerprint density at radius 2 is 1.65 bits per heavy atom. The Kier molecular flexibility index (Phi) is 7.42. The van der Waals surface area contributed by atoms with Crippen LogP contribution in [0.5, 0.6) is 11.6 Å². The number of nitrogens with one attached hydrogen (secondary N) is 2. The third-order valence-electron chi connectivity index (χ3n) is 6.06. The van der Waals surface area contributed by atoms with Gasteiger partial charge in [-0.3, -0.25) is 4.57 Å². The Morgan fingerprint density at radius 3 is 2.35 bits per heavy atom. The minimum absolute atomic E-state index is 0.0837. The lowest BCUT2D eigenvalue weighted by atomic mass is 10.0. The highest BCUT2D eigenvalue weighted by atomic mass is 127. The topological polar surface area (TPSA) is 116 Å². The maximum absolute atomic E-state index is 13.2. The molecule has 0 saturated heterocycles. The van der Waals surface area contributed by atoms with E-state index in [-0.39, 0.29) is 19.1 Å². The number of hydrogen-bond acceptors (Lipinski definition) is 5. The molecule has 3 aromatic carbocycles. The van der Waals surface area contributed by atoms with E-state index >= 15 is 0 Å². The van der Waals surface area contributed by atoms with Crippen molar-refractivity contribution in [1.82, 2.24) is 19.5 Å². The summed E-state index contributed by atoms with van der Waals surface area (Å²) in [6.45, 7) is 0.103. The molecule has 37 heavy (non-hydrogen) atoms. The Bertz CT molecular complexity index is 1520. The Balaban J connectivity index is 1.54. The number of aliphatic hydroxyl groups is 1. The summed E-state index contributed by atoms with van der Waals surface area (Å²) in [5.41, 5.74) is 3.29. The van der Waals surface area contributed by atoms with E-state index in [2.05, 4.69) is 37.5 Å². The minimum Gasteiger partial charge on any atom is -0.493 e. The van der Waals surface area contributed by atoms with Crippen molar-refractivity contribution in [3.05, 3.63) is 111 Å². The second-order valence-electron chi connectivity index (χ2n) is 8.49. The molecule has 0 aliphatic carbocycles. The third kappa shape index (κ3) is 5.47. The van der Waals surface area contributed by atoms with Crippen molar-refractivity contribution in [2.24, 2.45) is 0 Å². The van der Waals surface area contributed by atoms with Crippen LogP contribution in [0.3, 0.4) is 0 Å². The Labute approximate surface area is 226 Å². The molecule has 0 spiro atoms. The monoisotopic (exact) mass is 608 g/mol. The molecule has 188 valence electrons. The van der Waals surface area contributed by atoms with Crippen molar-refractivity contribution in [2.45, 2.75) is 12.5 Å². The molecule has 2 aromatic heterocycles. The quantitative estimate of drug-likeness (QED) is 0.181. The largest absolute Gasteiger partial charge is 0.493 e. The van der Waals surface area contributed by atoms with Crippen LogP contribution in [-0.4, -0.2) is 42.9 Å². The zero-order chi connectivity index (χ0) is 25.8. The van der Waals surface area contributed by atoms with E-state index in [0.29, 0.717) is 29.3 Å². The average Bonchev–Trinajstić information content (AvgIpc) is 3.52. The predicted octanol–water partition coefficient (Wildman–Crippen LogP) is 4.75. The fourth-order valence-electron chi connectivity index (χ4n) is 4.24. The number of hydrogen-bond donors (Lipinski definition) is 4. The highest BCUT2D eigenvalue weighted by Gasteiger charge is 2.26. The van der Waals surface area contributed by atoms with Crippen LogP contribution < -0.4 is 10.4 Å². The van der Waals surface area contributed by atoms with Gasteiger partial charge in [-0.15, -0.1) is 0 Å². The molecular weight excluding hydrogens is 583 g/mol. The van der Waals surface area contributed by atoms with Crippen LogP contribution in [0.15, 0.2) is 89.9 Å². The average molecular weight is 608 g/mol. The molecule has 8 nitrogen and oxygen atoms in total. The molecule has 0 aliphatic rings. The van der Waals surface area contributed by atoms with E-state index in [0.717, 1.165) is 20.4 Å². The molecule has 0 unspecified atom stereocenters. The maximum atomic E-state index is 13.2. The number of benzene rings is 3. The second kappa shape index (κ2) is 11.1. The summed E-state index contributed by atoms with van der Waals surface area (Å²) in [4.78, 5) is 24.0. The molecule has 0 radical (unpaired) electrons. The van der Waals surface area contributed by atoms with Gasteiger partial charge < -0.3 is 24.9 Å². The van der Waals surface area contributed by atoms with Crippen LogP contribution in [0, 0.1) is 3.57 Å². The number of aromatic nitrogens is 4. The fraction of sp³-hybridized carbons (Fsp3) is 0.143. The molecule has 4 N–H and O–H groups in total.